The third-order valence-corrected chi connectivity index (χ3v) is 5.94. The lowest BCUT2D eigenvalue weighted by Gasteiger charge is -2.13. The molecule has 0 radical (unpaired) electrons. The zero-order valence-corrected chi connectivity index (χ0v) is 18.0. The highest BCUT2D eigenvalue weighted by Crippen LogP contribution is 2.21. The lowest BCUT2D eigenvalue weighted by Crippen LogP contribution is -2.25. The van der Waals surface area contributed by atoms with Gasteiger partial charge in [-0.3, -0.25) is 14.2 Å². The van der Waals surface area contributed by atoms with E-state index in [1.165, 1.54) is 11.8 Å². The van der Waals surface area contributed by atoms with Crippen molar-refractivity contribution < 1.29 is 9.53 Å². The summed E-state index contributed by atoms with van der Waals surface area (Å²) < 4.78 is 6.74. The number of amides is 1. The summed E-state index contributed by atoms with van der Waals surface area (Å²) in [5.41, 5.74) is 1.30. The Morgan fingerprint density at radius 2 is 2.03 bits per heavy atom. The van der Waals surface area contributed by atoms with Crippen LogP contribution in [0.15, 0.2) is 63.4 Å². The van der Waals surface area contributed by atoms with E-state index in [4.69, 9.17) is 4.74 Å². The quantitative estimate of drug-likeness (QED) is 0.316. The summed E-state index contributed by atoms with van der Waals surface area (Å²) >= 11 is 2.88. The highest BCUT2D eigenvalue weighted by molar-refractivity contribution is 7.99. The predicted octanol–water partition coefficient (Wildman–Crippen LogP) is 3.89. The molecule has 1 aromatic heterocycles. The first-order chi connectivity index (χ1) is 14.1. The Bertz CT molecular complexity index is 1050. The van der Waals surface area contributed by atoms with Crippen LogP contribution in [0.2, 0.25) is 0 Å². The molecule has 1 amide bonds. The number of thioether (sulfide) groups is 2. The fourth-order valence-corrected chi connectivity index (χ4v) is 4.13. The number of anilines is 1. The summed E-state index contributed by atoms with van der Waals surface area (Å²) in [6.45, 7) is 1.04. The van der Waals surface area contributed by atoms with Crippen molar-refractivity contribution >= 4 is 46.0 Å². The van der Waals surface area contributed by atoms with Crippen LogP contribution in [-0.4, -0.2) is 41.2 Å². The van der Waals surface area contributed by atoms with E-state index in [-0.39, 0.29) is 17.2 Å². The maximum absolute atomic E-state index is 12.9. The first kappa shape index (κ1) is 21.4. The second kappa shape index (κ2) is 10.5. The molecule has 3 rings (SSSR count). The minimum absolute atomic E-state index is 0.0951. The summed E-state index contributed by atoms with van der Waals surface area (Å²) in [6.07, 6.45) is 2.68. The van der Waals surface area contributed by atoms with Gasteiger partial charge in [0, 0.05) is 30.8 Å². The maximum atomic E-state index is 12.9. The van der Waals surface area contributed by atoms with E-state index in [1.807, 2.05) is 48.7 Å². The minimum atomic E-state index is -0.140. The normalized spacial score (nSPS) is 11.0. The molecule has 1 heterocycles. The molecule has 3 aromatic rings. The fourth-order valence-electron chi connectivity index (χ4n) is 2.85. The molecule has 6 nitrogen and oxygen atoms in total. The van der Waals surface area contributed by atoms with Crippen molar-refractivity contribution in [1.82, 2.24) is 9.55 Å². The van der Waals surface area contributed by atoms with Crippen LogP contribution < -0.4 is 10.9 Å². The van der Waals surface area contributed by atoms with Gasteiger partial charge in [-0.05, 0) is 43.0 Å². The number of carbonyl (C=O) groups is 1. The Morgan fingerprint density at radius 1 is 1.21 bits per heavy atom. The zero-order valence-electron chi connectivity index (χ0n) is 16.4. The molecule has 0 spiro atoms. The van der Waals surface area contributed by atoms with Crippen molar-refractivity contribution in [3.8, 4) is 0 Å². The Hall–Kier alpha value is -2.29. The molecule has 0 bridgehead atoms. The van der Waals surface area contributed by atoms with Crippen LogP contribution in [-0.2, 0) is 16.1 Å². The summed E-state index contributed by atoms with van der Waals surface area (Å²) in [4.78, 5) is 31.1. The molecule has 152 valence electrons. The molecule has 2 aromatic carbocycles. The van der Waals surface area contributed by atoms with Crippen LogP contribution in [0.3, 0.4) is 0 Å². The molecule has 0 aliphatic rings. The van der Waals surface area contributed by atoms with Crippen LogP contribution >= 0.6 is 23.5 Å². The molecule has 0 fully saturated rings. The van der Waals surface area contributed by atoms with Gasteiger partial charge in [-0.1, -0.05) is 30.0 Å². The van der Waals surface area contributed by atoms with Gasteiger partial charge in [0.1, 0.15) is 0 Å². The summed E-state index contributed by atoms with van der Waals surface area (Å²) in [7, 11) is 1.63. The third kappa shape index (κ3) is 5.62. The molecule has 0 saturated heterocycles. The molecule has 0 aliphatic heterocycles. The van der Waals surface area contributed by atoms with Crippen molar-refractivity contribution in [2.24, 2.45) is 0 Å². The molecule has 1 N–H and O–H groups in total. The van der Waals surface area contributed by atoms with Crippen LogP contribution in [0.1, 0.15) is 6.42 Å². The van der Waals surface area contributed by atoms with Crippen LogP contribution in [0, 0.1) is 0 Å². The second-order valence-corrected chi connectivity index (χ2v) is 8.11. The van der Waals surface area contributed by atoms with Crippen molar-refractivity contribution in [3.05, 3.63) is 58.9 Å². The number of nitrogens with zero attached hydrogens (tertiary/aromatic N) is 2. The number of para-hydroxylation sites is 1. The van der Waals surface area contributed by atoms with Crippen molar-refractivity contribution in [3.63, 3.8) is 0 Å². The second-order valence-electron chi connectivity index (χ2n) is 6.28. The van der Waals surface area contributed by atoms with Crippen molar-refractivity contribution in [2.45, 2.75) is 23.0 Å². The van der Waals surface area contributed by atoms with Crippen molar-refractivity contribution in [2.75, 3.05) is 31.0 Å². The largest absolute Gasteiger partial charge is 0.385 e. The molecular formula is C21H23N3O3S2. The van der Waals surface area contributed by atoms with Gasteiger partial charge in [-0.25, -0.2) is 4.98 Å². The number of benzene rings is 2. The molecule has 0 aliphatic carbocycles. The fraction of sp³-hybridized carbons (Fsp3) is 0.286. The van der Waals surface area contributed by atoms with Gasteiger partial charge in [0.25, 0.3) is 5.56 Å². The van der Waals surface area contributed by atoms with Crippen LogP contribution in [0.4, 0.5) is 5.69 Å². The smallest absolute Gasteiger partial charge is 0.262 e. The average molecular weight is 430 g/mol. The Balaban J connectivity index is 1.77. The maximum Gasteiger partial charge on any atom is 0.262 e. The summed E-state index contributed by atoms with van der Waals surface area (Å²) in [5, 5.41) is 4.02. The summed E-state index contributed by atoms with van der Waals surface area (Å²) in [5.74, 6) is 0.0255. The van der Waals surface area contributed by atoms with E-state index in [0.29, 0.717) is 35.6 Å². The molecule has 0 saturated carbocycles. The standard InChI is InChI=1S/C21H23N3O3S2/c1-27-12-6-11-24-20(26)17-9-3-4-10-18(17)23-21(24)29-14-19(25)22-15-7-5-8-16(13-15)28-2/h3-5,7-10,13H,6,11-12,14H2,1-2H3,(H,22,25). The Kier molecular flexibility index (Phi) is 7.74. The van der Waals surface area contributed by atoms with Gasteiger partial charge in [0.2, 0.25) is 5.91 Å². The number of ether oxygens (including phenoxy) is 1. The Morgan fingerprint density at radius 3 is 2.83 bits per heavy atom. The lowest BCUT2D eigenvalue weighted by molar-refractivity contribution is -0.113. The van der Waals surface area contributed by atoms with Gasteiger partial charge in [0.15, 0.2) is 5.16 Å². The predicted molar refractivity (Wildman–Crippen MR) is 120 cm³/mol. The molecule has 0 unspecified atom stereocenters. The monoisotopic (exact) mass is 429 g/mol. The number of rotatable bonds is 9. The van der Waals surface area contributed by atoms with Gasteiger partial charge >= 0.3 is 0 Å². The van der Waals surface area contributed by atoms with Crippen LogP contribution in [0.5, 0.6) is 0 Å². The van der Waals surface area contributed by atoms with Gasteiger partial charge in [0.05, 0.1) is 16.7 Å². The number of methoxy groups -OCH3 is 1. The molecule has 8 heteroatoms. The number of hydrogen-bond acceptors (Lipinski definition) is 6. The highest BCUT2D eigenvalue weighted by atomic mass is 32.2. The number of aromatic nitrogens is 2. The van der Waals surface area contributed by atoms with E-state index in [2.05, 4.69) is 10.3 Å². The van der Waals surface area contributed by atoms with Crippen LogP contribution in [0.25, 0.3) is 10.9 Å². The summed E-state index contributed by atoms with van der Waals surface area (Å²) in [6, 6.07) is 15.0. The molecule has 29 heavy (non-hydrogen) atoms. The topological polar surface area (TPSA) is 73.2 Å². The lowest BCUT2D eigenvalue weighted by atomic mass is 10.2. The number of hydrogen-bond donors (Lipinski definition) is 1. The van der Waals surface area contributed by atoms with E-state index in [0.717, 1.165) is 10.6 Å². The van der Waals surface area contributed by atoms with E-state index in [1.54, 1.807) is 29.5 Å². The Labute approximate surface area is 178 Å². The first-order valence-electron chi connectivity index (χ1n) is 9.17. The average Bonchev–Trinajstić information content (AvgIpc) is 2.74. The minimum Gasteiger partial charge on any atom is -0.385 e. The van der Waals surface area contributed by atoms with E-state index >= 15 is 0 Å². The number of carbonyl (C=O) groups excluding carboxylic acids is 1. The zero-order chi connectivity index (χ0) is 20.6. The molecule has 0 atom stereocenters. The highest BCUT2D eigenvalue weighted by Gasteiger charge is 2.13. The third-order valence-electron chi connectivity index (χ3n) is 4.24. The SMILES string of the molecule is COCCCn1c(SCC(=O)Nc2cccc(SC)c2)nc2ccccc2c1=O. The first-order valence-corrected chi connectivity index (χ1v) is 11.4. The van der Waals surface area contributed by atoms with Gasteiger partial charge in [-0.2, -0.15) is 0 Å². The van der Waals surface area contributed by atoms with Crippen molar-refractivity contribution in [1.29, 1.82) is 0 Å². The van der Waals surface area contributed by atoms with Gasteiger partial charge < -0.3 is 10.1 Å². The number of nitrogens with one attached hydrogen (secondary N) is 1. The van der Waals surface area contributed by atoms with E-state index in [9.17, 15) is 9.59 Å². The molecular weight excluding hydrogens is 406 g/mol. The number of fused-ring (bicyclic) bond motifs is 1. The van der Waals surface area contributed by atoms with Gasteiger partial charge in [-0.15, -0.1) is 11.8 Å². The van der Waals surface area contributed by atoms with E-state index < -0.39 is 0 Å².